The van der Waals surface area contributed by atoms with Gasteiger partial charge in [-0.2, -0.15) is 13.2 Å². The topological polar surface area (TPSA) is 54.0 Å². The molecule has 30 heavy (non-hydrogen) atoms. The Bertz CT molecular complexity index is 1030. The quantitative estimate of drug-likeness (QED) is 0.637. The third-order valence-corrected chi connectivity index (χ3v) is 5.14. The molecule has 2 N–H and O–H groups in total. The smallest absolute Gasteiger partial charge is 0.385 e. The number of aryl methyl sites for hydroxylation is 1. The van der Waals surface area contributed by atoms with Crippen molar-refractivity contribution in [1.29, 1.82) is 0 Å². The van der Waals surface area contributed by atoms with Crippen LogP contribution in [0.4, 0.5) is 18.9 Å². The lowest BCUT2D eigenvalue weighted by Gasteiger charge is -2.21. The molecule has 0 fully saturated rings. The molecule has 0 bridgehead atoms. The fraction of sp³-hybridized carbons (Fsp3) is 0.217. The zero-order valence-electron chi connectivity index (χ0n) is 16.0. The van der Waals surface area contributed by atoms with Crippen molar-refractivity contribution in [3.63, 3.8) is 0 Å². The molecular weight excluding hydrogens is 391 g/mol. The summed E-state index contributed by atoms with van der Waals surface area (Å²) >= 11 is 0. The monoisotopic (exact) mass is 411 g/mol. The number of nitrogens with one attached hydrogen (secondary N) is 2. The van der Waals surface area contributed by atoms with Crippen molar-refractivity contribution < 1.29 is 18.0 Å². The van der Waals surface area contributed by atoms with E-state index in [0.29, 0.717) is 16.8 Å². The average Bonchev–Trinajstić information content (AvgIpc) is 2.77. The second-order valence-corrected chi connectivity index (χ2v) is 7.18. The highest BCUT2D eigenvalue weighted by molar-refractivity contribution is 5.95. The van der Waals surface area contributed by atoms with Crippen LogP contribution in [0, 0.1) is 0 Å². The number of amides is 1. The lowest BCUT2D eigenvalue weighted by molar-refractivity contribution is -0.137. The molecule has 0 radical (unpaired) electrons. The maximum Gasteiger partial charge on any atom is 0.416 e. The highest BCUT2D eigenvalue weighted by Gasteiger charge is 2.30. The SMILES string of the molecule is O=C(NC(c1ccc(C(F)(F)F)cc1)c1ccccn1)c1ccc2c(c1)NCCC2. The number of carbonyl (C=O) groups is 1. The molecule has 2 heterocycles. The number of hydrogen-bond acceptors (Lipinski definition) is 3. The van der Waals surface area contributed by atoms with Gasteiger partial charge in [0.25, 0.3) is 5.91 Å². The van der Waals surface area contributed by atoms with Gasteiger partial charge in [-0.05, 0) is 60.4 Å². The number of hydrogen-bond donors (Lipinski definition) is 2. The molecule has 0 aliphatic carbocycles. The van der Waals surface area contributed by atoms with Crippen molar-refractivity contribution in [2.24, 2.45) is 0 Å². The van der Waals surface area contributed by atoms with Crippen LogP contribution in [0.25, 0.3) is 0 Å². The van der Waals surface area contributed by atoms with Crippen LogP contribution in [0.2, 0.25) is 0 Å². The summed E-state index contributed by atoms with van der Waals surface area (Å²) in [6, 6.07) is 14.9. The van der Waals surface area contributed by atoms with Gasteiger partial charge in [0.2, 0.25) is 0 Å². The molecule has 4 rings (SSSR count). The molecule has 1 amide bonds. The fourth-order valence-corrected chi connectivity index (χ4v) is 3.56. The van der Waals surface area contributed by atoms with E-state index in [9.17, 15) is 18.0 Å². The maximum absolute atomic E-state index is 13.0. The van der Waals surface area contributed by atoms with Crippen LogP contribution in [0.15, 0.2) is 66.9 Å². The summed E-state index contributed by atoms with van der Waals surface area (Å²) in [4.78, 5) is 17.3. The number of rotatable bonds is 4. The molecule has 0 spiro atoms. The fourth-order valence-electron chi connectivity index (χ4n) is 3.56. The number of alkyl halides is 3. The van der Waals surface area contributed by atoms with Gasteiger partial charge in [0.05, 0.1) is 17.3 Å². The van der Waals surface area contributed by atoms with Crippen molar-refractivity contribution in [1.82, 2.24) is 10.3 Å². The summed E-state index contributed by atoms with van der Waals surface area (Å²) in [5, 5.41) is 6.22. The van der Waals surface area contributed by atoms with E-state index in [-0.39, 0.29) is 5.91 Å². The van der Waals surface area contributed by atoms with Crippen LogP contribution in [-0.2, 0) is 12.6 Å². The molecule has 4 nitrogen and oxygen atoms in total. The Balaban J connectivity index is 1.63. The highest BCUT2D eigenvalue weighted by atomic mass is 19.4. The number of halogens is 3. The van der Waals surface area contributed by atoms with Crippen molar-refractivity contribution in [3.05, 3.63) is 94.8 Å². The Kier molecular flexibility index (Phi) is 5.44. The predicted octanol–water partition coefficient (Wildman–Crippen LogP) is 4.98. The first-order valence-electron chi connectivity index (χ1n) is 9.67. The molecular formula is C23H20F3N3O. The number of aromatic nitrogens is 1. The van der Waals surface area contributed by atoms with Crippen LogP contribution in [-0.4, -0.2) is 17.4 Å². The first kappa shape index (κ1) is 19.9. The van der Waals surface area contributed by atoms with Crippen LogP contribution in [0.1, 0.15) is 45.2 Å². The van der Waals surface area contributed by atoms with E-state index in [1.54, 1.807) is 30.5 Å². The number of benzene rings is 2. The van der Waals surface area contributed by atoms with Gasteiger partial charge in [-0.3, -0.25) is 9.78 Å². The van der Waals surface area contributed by atoms with E-state index < -0.39 is 17.8 Å². The van der Waals surface area contributed by atoms with E-state index in [2.05, 4.69) is 15.6 Å². The summed E-state index contributed by atoms with van der Waals surface area (Å²) in [6.07, 6.45) is -0.819. The lowest BCUT2D eigenvalue weighted by atomic mass is 9.99. The van der Waals surface area contributed by atoms with E-state index >= 15 is 0 Å². The predicted molar refractivity (Wildman–Crippen MR) is 108 cm³/mol. The first-order chi connectivity index (χ1) is 14.4. The lowest BCUT2D eigenvalue weighted by Crippen LogP contribution is -2.30. The zero-order chi connectivity index (χ0) is 21.1. The van der Waals surface area contributed by atoms with Crippen molar-refractivity contribution >= 4 is 11.6 Å². The molecule has 1 unspecified atom stereocenters. The molecule has 0 saturated carbocycles. The number of pyridine rings is 1. The molecule has 154 valence electrons. The molecule has 2 aromatic carbocycles. The minimum Gasteiger partial charge on any atom is -0.385 e. The molecule has 1 aliphatic heterocycles. The van der Waals surface area contributed by atoms with E-state index in [0.717, 1.165) is 37.2 Å². The Morgan fingerprint density at radius 2 is 1.87 bits per heavy atom. The Morgan fingerprint density at radius 3 is 2.57 bits per heavy atom. The van der Waals surface area contributed by atoms with Gasteiger partial charge in [-0.1, -0.05) is 24.3 Å². The third-order valence-electron chi connectivity index (χ3n) is 5.14. The zero-order valence-corrected chi connectivity index (χ0v) is 16.0. The van der Waals surface area contributed by atoms with Crippen molar-refractivity contribution in [2.45, 2.75) is 25.1 Å². The minimum atomic E-state index is -4.42. The van der Waals surface area contributed by atoms with Crippen LogP contribution >= 0.6 is 0 Å². The van der Waals surface area contributed by atoms with Crippen LogP contribution in [0.5, 0.6) is 0 Å². The van der Waals surface area contributed by atoms with Crippen molar-refractivity contribution in [3.8, 4) is 0 Å². The van der Waals surface area contributed by atoms with Gasteiger partial charge in [0, 0.05) is 24.0 Å². The van der Waals surface area contributed by atoms with Crippen LogP contribution in [0.3, 0.4) is 0 Å². The second kappa shape index (κ2) is 8.18. The Hall–Kier alpha value is -3.35. The molecule has 1 atom stereocenters. The summed E-state index contributed by atoms with van der Waals surface area (Å²) in [7, 11) is 0. The number of fused-ring (bicyclic) bond motifs is 1. The molecule has 1 aromatic heterocycles. The Labute approximate surface area is 172 Å². The molecule has 1 aliphatic rings. The van der Waals surface area contributed by atoms with E-state index in [1.807, 2.05) is 12.1 Å². The van der Waals surface area contributed by atoms with Gasteiger partial charge >= 0.3 is 6.18 Å². The number of nitrogens with zero attached hydrogens (tertiary/aromatic N) is 1. The number of anilines is 1. The largest absolute Gasteiger partial charge is 0.416 e. The Morgan fingerprint density at radius 1 is 1.07 bits per heavy atom. The summed E-state index contributed by atoms with van der Waals surface area (Å²) in [5.41, 5.74) is 2.92. The van der Waals surface area contributed by atoms with Gasteiger partial charge in [-0.15, -0.1) is 0 Å². The maximum atomic E-state index is 13.0. The van der Waals surface area contributed by atoms with Gasteiger partial charge < -0.3 is 10.6 Å². The summed E-state index contributed by atoms with van der Waals surface area (Å²) in [5.74, 6) is -0.319. The van der Waals surface area contributed by atoms with Gasteiger partial charge in [0.15, 0.2) is 0 Å². The summed E-state index contributed by atoms with van der Waals surface area (Å²) < 4.78 is 38.8. The van der Waals surface area contributed by atoms with Crippen LogP contribution < -0.4 is 10.6 Å². The average molecular weight is 411 g/mol. The molecule has 7 heteroatoms. The summed E-state index contributed by atoms with van der Waals surface area (Å²) in [6.45, 7) is 0.861. The normalized spacial score (nSPS) is 14.4. The van der Waals surface area contributed by atoms with E-state index in [1.165, 1.54) is 17.7 Å². The van der Waals surface area contributed by atoms with E-state index in [4.69, 9.17) is 0 Å². The van der Waals surface area contributed by atoms with Gasteiger partial charge in [0.1, 0.15) is 0 Å². The molecule has 0 saturated heterocycles. The number of carbonyl (C=O) groups excluding carboxylic acids is 1. The molecule has 3 aromatic rings. The third kappa shape index (κ3) is 4.30. The highest BCUT2D eigenvalue weighted by Crippen LogP contribution is 2.31. The van der Waals surface area contributed by atoms with Gasteiger partial charge in [-0.25, -0.2) is 0 Å². The first-order valence-corrected chi connectivity index (χ1v) is 9.67. The standard InChI is InChI=1S/C23H20F3N3O/c24-23(25,26)18-10-8-16(9-11-18)21(19-5-1-2-12-27-19)29-22(30)17-7-6-15-4-3-13-28-20(15)14-17/h1-2,5-12,14,21,28H,3-4,13H2,(H,29,30). The van der Waals surface area contributed by atoms with Crippen molar-refractivity contribution in [2.75, 3.05) is 11.9 Å². The second-order valence-electron chi connectivity index (χ2n) is 7.18. The minimum absolute atomic E-state index is 0.319.